The van der Waals surface area contributed by atoms with Crippen LogP contribution in [0.1, 0.15) is 11.1 Å². The molecule has 0 bridgehead atoms. The van der Waals surface area contributed by atoms with Crippen molar-refractivity contribution in [1.82, 2.24) is 0 Å². The van der Waals surface area contributed by atoms with Crippen molar-refractivity contribution in [3.8, 4) is 0 Å². The molecule has 0 fully saturated rings. The van der Waals surface area contributed by atoms with Gasteiger partial charge in [0.2, 0.25) is 0 Å². The molecule has 6 nitrogen and oxygen atoms in total. The highest BCUT2D eigenvalue weighted by Crippen LogP contribution is 2.58. The van der Waals surface area contributed by atoms with Crippen molar-refractivity contribution in [1.29, 1.82) is 0 Å². The molecule has 24 heavy (non-hydrogen) atoms. The average molecular weight is 403 g/mol. The van der Waals surface area contributed by atoms with Gasteiger partial charge in [0.25, 0.3) is 11.4 Å². The van der Waals surface area contributed by atoms with Gasteiger partial charge in [-0.25, -0.2) is 0 Å². The lowest BCUT2D eigenvalue weighted by molar-refractivity contribution is -0.388. The zero-order valence-corrected chi connectivity index (χ0v) is 15.4. The minimum absolute atomic E-state index is 0.120. The summed E-state index contributed by atoms with van der Waals surface area (Å²) in [5.41, 5.74) is 1.07. The van der Waals surface area contributed by atoms with Crippen LogP contribution in [0, 0.1) is 34.1 Å². The Kier molecular flexibility index (Phi) is 4.41. The van der Waals surface area contributed by atoms with Gasteiger partial charge >= 0.3 is 0 Å². The Morgan fingerprint density at radius 2 is 1.12 bits per heavy atom. The molecule has 0 saturated heterocycles. The van der Waals surface area contributed by atoms with Crippen molar-refractivity contribution in [2.45, 2.75) is 33.4 Å². The third-order valence-electron chi connectivity index (χ3n) is 3.60. The lowest BCUT2D eigenvalue weighted by Crippen LogP contribution is -2.03. The SMILES string of the molecule is Cc1c(Cl)cc([N+](=O)[O-])c2c1Sc1c([N+](=O)[O-])cc(Cl)c(C)c1S2. The number of nitro groups is 2. The summed E-state index contributed by atoms with van der Waals surface area (Å²) in [7, 11) is 0. The zero-order chi connectivity index (χ0) is 17.8. The molecule has 0 aliphatic carbocycles. The first-order valence-electron chi connectivity index (χ1n) is 6.53. The maximum absolute atomic E-state index is 11.4. The van der Waals surface area contributed by atoms with E-state index in [1.165, 1.54) is 12.1 Å². The normalized spacial score (nSPS) is 12.5. The Bertz CT molecular complexity index is 858. The maximum Gasteiger partial charge on any atom is 0.285 e. The van der Waals surface area contributed by atoms with Crippen molar-refractivity contribution >= 4 is 58.1 Å². The van der Waals surface area contributed by atoms with E-state index in [1.54, 1.807) is 13.8 Å². The topological polar surface area (TPSA) is 86.3 Å². The second-order valence-corrected chi connectivity index (χ2v) is 7.90. The Morgan fingerprint density at radius 3 is 1.42 bits per heavy atom. The minimum Gasteiger partial charge on any atom is -0.258 e. The van der Waals surface area contributed by atoms with Crippen LogP contribution in [0.15, 0.2) is 31.7 Å². The maximum atomic E-state index is 11.4. The van der Waals surface area contributed by atoms with Gasteiger partial charge in [-0.05, 0) is 25.0 Å². The van der Waals surface area contributed by atoms with Crippen LogP contribution in [0.4, 0.5) is 11.4 Å². The van der Waals surface area contributed by atoms with Crippen molar-refractivity contribution in [2.75, 3.05) is 0 Å². The number of halogens is 2. The van der Waals surface area contributed by atoms with E-state index in [4.69, 9.17) is 23.2 Å². The van der Waals surface area contributed by atoms with Crippen LogP contribution in [0.2, 0.25) is 10.0 Å². The fourth-order valence-corrected chi connectivity index (χ4v) is 5.60. The number of fused-ring (bicyclic) bond motifs is 2. The summed E-state index contributed by atoms with van der Waals surface area (Å²) in [6.07, 6.45) is 0. The number of benzene rings is 2. The van der Waals surface area contributed by atoms with Crippen LogP contribution in [0.25, 0.3) is 0 Å². The first-order valence-corrected chi connectivity index (χ1v) is 8.92. The molecule has 1 aliphatic heterocycles. The fourth-order valence-electron chi connectivity index (χ4n) is 2.30. The van der Waals surface area contributed by atoms with Crippen LogP contribution < -0.4 is 0 Å². The van der Waals surface area contributed by atoms with Gasteiger partial charge in [-0.1, -0.05) is 46.7 Å². The van der Waals surface area contributed by atoms with Crippen molar-refractivity contribution in [3.63, 3.8) is 0 Å². The van der Waals surface area contributed by atoms with Gasteiger partial charge in [-0.15, -0.1) is 0 Å². The third-order valence-corrected chi connectivity index (χ3v) is 7.31. The summed E-state index contributed by atoms with van der Waals surface area (Å²) >= 11 is 14.4. The standard InChI is InChI=1S/C14H8Cl2N2O4S2/c1-5-7(15)3-9(17(19)20)13-11(5)23-14-10(18(21)22)4-8(16)6(2)12(14)24-13/h3-4H,1-2H3. The van der Waals surface area contributed by atoms with Gasteiger partial charge in [0.1, 0.15) is 9.79 Å². The second-order valence-electron chi connectivity index (χ2n) is 5.04. The molecule has 0 unspecified atom stereocenters. The Hall–Kier alpha value is -1.48. The van der Waals surface area contributed by atoms with Gasteiger partial charge in [-0.2, -0.15) is 0 Å². The molecule has 0 amide bonds. The van der Waals surface area contributed by atoms with Crippen LogP contribution in [-0.4, -0.2) is 9.85 Å². The van der Waals surface area contributed by atoms with Crippen LogP contribution in [0.3, 0.4) is 0 Å². The van der Waals surface area contributed by atoms with E-state index in [9.17, 15) is 20.2 Å². The molecule has 1 aliphatic rings. The average Bonchev–Trinajstić information content (AvgIpc) is 2.52. The van der Waals surface area contributed by atoms with Crippen LogP contribution >= 0.6 is 46.7 Å². The van der Waals surface area contributed by atoms with E-state index in [1.807, 2.05) is 0 Å². The molecule has 1 heterocycles. The van der Waals surface area contributed by atoms with Crippen LogP contribution in [-0.2, 0) is 0 Å². The molecule has 2 aromatic rings. The van der Waals surface area contributed by atoms with Crippen LogP contribution in [0.5, 0.6) is 0 Å². The predicted molar refractivity (Wildman–Crippen MR) is 93.9 cm³/mol. The highest BCUT2D eigenvalue weighted by atomic mass is 35.5. The number of nitrogens with zero attached hydrogens (tertiary/aromatic N) is 2. The molecule has 0 spiro atoms. The Labute approximate surface area is 154 Å². The van der Waals surface area contributed by atoms with Gasteiger partial charge in [0.15, 0.2) is 0 Å². The van der Waals surface area contributed by atoms with Gasteiger partial charge in [-0.3, -0.25) is 20.2 Å². The lowest BCUT2D eigenvalue weighted by atomic mass is 10.2. The minimum atomic E-state index is -0.503. The third kappa shape index (κ3) is 2.63. The van der Waals surface area contributed by atoms with E-state index in [2.05, 4.69) is 0 Å². The van der Waals surface area contributed by atoms with E-state index < -0.39 is 9.85 Å². The van der Waals surface area contributed by atoms with Gasteiger partial charge in [0.05, 0.1) is 19.9 Å². The summed E-state index contributed by atoms with van der Waals surface area (Å²) in [4.78, 5) is 23.7. The van der Waals surface area contributed by atoms with Gasteiger partial charge < -0.3 is 0 Å². The second kappa shape index (κ2) is 6.11. The van der Waals surface area contributed by atoms with E-state index in [-0.39, 0.29) is 21.4 Å². The van der Waals surface area contributed by atoms with Crippen molar-refractivity contribution in [3.05, 3.63) is 53.5 Å². The summed E-state index contributed by atoms with van der Waals surface area (Å²) in [5, 5.41) is 23.2. The highest BCUT2D eigenvalue weighted by Gasteiger charge is 2.34. The number of hydrogen-bond acceptors (Lipinski definition) is 6. The predicted octanol–water partition coefficient (Wildman–Crippen LogP) is 6.04. The van der Waals surface area contributed by atoms with E-state index in [0.717, 1.165) is 23.5 Å². The summed E-state index contributed by atoms with van der Waals surface area (Å²) in [6.45, 7) is 3.47. The summed E-state index contributed by atoms with van der Waals surface area (Å²) in [5.74, 6) is 0. The molecule has 124 valence electrons. The molecular formula is C14H8Cl2N2O4S2. The molecule has 0 atom stereocenters. The Morgan fingerprint density at radius 1 is 0.792 bits per heavy atom. The lowest BCUT2D eigenvalue weighted by Gasteiger charge is -2.22. The molecule has 0 aromatic heterocycles. The van der Waals surface area contributed by atoms with Gasteiger partial charge in [0, 0.05) is 21.9 Å². The summed E-state index contributed by atoms with van der Waals surface area (Å²) < 4.78 is 0. The Balaban J connectivity index is 2.32. The molecule has 0 saturated carbocycles. The molecule has 2 aromatic carbocycles. The summed E-state index contributed by atoms with van der Waals surface area (Å²) in [6, 6.07) is 2.62. The van der Waals surface area contributed by atoms with Crippen molar-refractivity contribution in [2.24, 2.45) is 0 Å². The highest BCUT2D eigenvalue weighted by molar-refractivity contribution is 8.05. The molecule has 3 rings (SSSR count). The number of rotatable bonds is 2. The smallest absolute Gasteiger partial charge is 0.258 e. The van der Waals surface area contributed by atoms with Crippen molar-refractivity contribution < 1.29 is 9.85 Å². The monoisotopic (exact) mass is 402 g/mol. The molecule has 10 heteroatoms. The fraction of sp³-hybridized carbons (Fsp3) is 0.143. The van der Waals surface area contributed by atoms with E-state index >= 15 is 0 Å². The largest absolute Gasteiger partial charge is 0.285 e. The number of hydrogen-bond donors (Lipinski definition) is 0. The molecular weight excluding hydrogens is 395 g/mol. The molecule has 0 N–H and O–H groups in total. The molecule has 0 radical (unpaired) electrons. The first kappa shape index (κ1) is 17.3. The number of nitro benzene ring substituents is 2. The van der Waals surface area contributed by atoms with E-state index in [0.29, 0.717) is 30.7 Å². The first-order chi connectivity index (χ1) is 11.2. The zero-order valence-electron chi connectivity index (χ0n) is 12.3. The quantitative estimate of drug-likeness (QED) is 0.383.